The van der Waals surface area contributed by atoms with E-state index in [1.165, 1.54) is 0 Å². The summed E-state index contributed by atoms with van der Waals surface area (Å²) in [6.07, 6.45) is 4.01. The van der Waals surface area contributed by atoms with Crippen molar-refractivity contribution in [2.45, 2.75) is 32.9 Å². The molecule has 7 nitrogen and oxygen atoms in total. The summed E-state index contributed by atoms with van der Waals surface area (Å²) in [5.74, 6) is 0.353. The van der Waals surface area contributed by atoms with Crippen molar-refractivity contribution in [1.82, 2.24) is 20.3 Å². The van der Waals surface area contributed by atoms with E-state index in [1.807, 2.05) is 26.0 Å². The molecule has 2 heterocycles. The maximum atomic E-state index is 12.9. The number of carbonyl (C=O) groups is 1. The lowest BCUT2D eigenvalue weighted by Crippen LogP contribution is -2.27. The van der Waals surface area contributed by atoms with Crippen LogP contribution in [0.4, 0.5) is 0 Å². The standard InChI is InChI=1S/C22H24N4O3/c1-13-4-5-20(25-9-13)16-6-17(21(28)12-27)8-18(7-16)22(29)26-14(2)19-10-23-15(3)24-11-19/h4-11,14,21,27-28H,12H2,1-3H3,(H,26,29)/t14-,21?/m1/s1. The zero-order valence-corrected chi connectivity index (χ0v) is 16.6. The Morgan fingerprint density at radius 2 is 1.76 bits per heavy atom. The Morgan fingerprint density at radius 1 is 1.03 bits per heavy atom. The van der Waals surface area contributed by atoms with Gasteiger partial charge in [0.1, 0.15) is 11.9 Å². The van der Waals surface area contributed by atoms with E-state index in [0.29, 0.717) is 28.2 Å². The zero-order chi connectivity index (χ0) is 21.0. The molecule has 2 atom stereocenters. The summed E-state index contributed by atoms with van der Waals surface area (Å²) in [5.41, 5.74) is 3.99. The van der Waals surface area contributed by atoms with Gasteiger partial charge in [-0.2, -0.15) is 0 Å². The Labute approximate surface area is 169 Å². The van der Waals surface area contributed by atoms with E-state index in [2.05, 4.69) is 20.3 Å². The van der Waals surface area contributed by atoms with Crippen molar-refractivity contribution in [2.24, 2.45) is 0 Å². The number of hydrogen-bond acceptors (Lipinski definition) is 6. The van der Waals surface area contributed by atoms with Gasteiger partial charge < -0.3 is 15.5 Å². The summed E-state index contributed by atoms with van der Waals surface area (Å²) in [6, 6.07) is 8.51. The lowest BCUT2D eigenvalue weighted by Gasteiger charge is -2.16. The molecule has 3 rings (SSSR count). The molecule has 7 heteroatoms. The molecule has 1 amide bonds. The fourth-order valence-corrected chi connectivity index (χ4v) is 2.86. The molecule has 0 bridgehead atoms. The maximum Gasteiger partial charge on any atom is 0.251 e. The van der Waals surface area contributed by atoms with E-state index >= 15 is 0 Å². The van der Waals surface area contributed by atoms with Crippen LogP contribution in [0, 0.1) is 13.8 Å². The van der Waals surface area contributed by atoms with Gasteiger partial charge in [0, 0.05) is 35.3 Å². The van der Waals surface area contributed by atoms with E-state index in [4.69, 9.17) is 0 Å². The molecule has 3 N–H and O–H groups in total. The van der Waals surface area contributed by atoms with E-state index < -0.39 is 12.7 Å². The van der Waals surface area contributed by atoms with Gasteiger partial charge in [-0.3, -0.25) is 9.78 Å². The van der Waals surface area contributed by atoms with E-state index in [1.54, 1.807) is 43.7 Å². The third-order valence-electron chi connectivity index (χ3n) is 4.63. The highest BCUT2D eigenvalue weighted by molar-refractivity contribution is 5.96. The van der Waals surface area contributed by atoms with Crippen molar-refractivity contribution in [2.75, 3.05) is 6.61 Å². The van der Waals surface area contributed by atoms with Gasteiger partial charge in [-0.25, -0.2) is 9.97 Å². The predicted molar refractivity (Wildman–Crippen MR) is 109 cm³/mol. The number of hydrogen-bond donors (Lipinski definition) is 3. The predicted octanol–water partition coefficient (Wildman–Crippen LogP) is 2.67. The molecule has 0 aliphatic heterocycles. The van der Waals surface area contributed by atoms with Crippen LogP contribution >= 0.6 is 0 Å². The minimum Gasteiger partial charge on any atom is -0.393 e. The van der Waals surface area contributed by atoms with Crippen LogP contribution in [0.25, 0.3) is 11.3 Å². The third-order valence-corrected chi connectivity index (χ3v) is 4.63. The minimum absolute atomic E-state index is 0.296. The maximum absolute atomic E-state index is 12.9. The Hall–Kier alpha value is -3.16. The Balaban J connectivity index is 1.92. The number of benzene rings is 1. The van der Waals surface area contributed by atoms with Crippen molar-refractivity contribution >= 4 is 5.91 Å². The van der Waals surface area contributed by atoms with Gasteiger partial charge in [-0.1, -0.05) is 6.07 Å². The van der Waals surface area contributed by atoms with Crippen molar-refractivity contribution in [3.05, 3.63) is 77.0 Å². The molecule has 0 radical (unpaired) electrons. The topological polar surface area (TPSA) is 108 Å². The molecule has 3 aromatic rings. The molecule has 1 aromatic carbocycles. The SMILES string of the molecule is Cc1ccc(-c2cc(C(=O)N[C@H](C)c3cnc(C)nc3)cc(C(O)CO)c2)nc1. The number of aromatic nitrogens is 3. The van der Waals surface area contributed by atoms with Crippen LogP contribution < -0.4 is 5.32 Å². The number of carbonyl (C=O) groups excluding carboxylic acids is 1. The molecular formula is C22H24N4O3. The Morgan fingerprint density at radius 3 is 2.38 bits per heavy atom. The lowest BCUT2D eigenvalue weighted by molar-refractivity contribution is 0.0928. The Bertz CT molecular complexity index is 988. The second-order valence-corrected chi connectivity index (χ2v) is 7.02. The molecule has 0 saturated heterocycles. The van der Waals surface area contributed by atoms with Gasteiger partial charge in [0.2, 0.25) is 0 Å². The highest BCUT2D eigenvalue weighted by Crippen LogP contribution is 2.25. The van der Waals surface area contributed by atoms with E-state index in [0.717, 1.165) is 11.1 Å². The smallest absolute Gasteiger partial charge is 0.251 e. The molecule has 0 spiro atoms. The van der Waals surface area contributed by atoms with Crippen LogP contribution in [0.15, 0.2) is 48.9 Å². The first kappa shape index (κ1) is 20.6. The second-order valence-electron chi connectivity index (χ2n) is 7.02. The number of rotatable bonds is 6. The molecule has 2 aromatic heterocycles. The fraction of sp³-hybridized carbons (Fsp3) is 0.273. The fourth-order valence-electron chi connectivity index (χ4n) is 2.86. The first-order chi connectivity index (χ1) is 13.9. The summed E-state index contributed by atoms with van der Waals surface area (Å²) in [4.78, 5) is 25.6. The summed E-state index contributed by atoms with van der Waals surface area (Å²) in [6.45, 7) is 5.15. The monoisotopic (exact) mass is 392 g/mol. The second kappa shape index (κ2) is 8.89. The van der Waals surface area contributed by atoms with E-state index in [9.17, 15) is 15.0 Å². The summed E-state index contributed by atoms with van der Waals surface area (Å²) < 4.78 is 0. The van der Waals surface area contributed by atoms with Gasteiger partial charge in [-0.05, 0) is 56.2 Å². The first-order valence-electron chi connectivity index (χ1n) is 9.33. The van der Waals surface area contributed by atoms with Gasteiger partial charge in [0.15, 0.2) is 0 Å². The van der Waals surface area contributed by atoms with Crippen LogP contribution in [0.2, 0.25) is 0 Å². The lowest BCUT2D eigenvalue weighted by atomic mass is 9.99. The normalized spacial score (nSPS) is 13.0. The number of aliphatic hydroxyl groups is 2. The number of pyridine rings is 1. The van der Waals surface area contributed by atoms with Crippen LogP contribution in [0.5, 0.6) is 0 Å². The number of nitrogens with one attached hydrogen (secondary N) is 1. The summed E-state index contributed by atoms with van der Waals surface area (Å²) in [5, 5.41) is 22.4. The molecule has 1 unspecified atom stereocenters. The van der Waals surface area contributed by atoms with Crippen molar-refractivity contribution < 1.29 is 15.0 Å². The van der Waals surface area contributed by atoms with Gasteiger partial charge in [-0.15, -0.1) is 0 Å². The summed E-state index contributed by atoms with van der Waals surface area (Å²) in [7, 11) is 0. The average Bonchev–Trinajstić information content (AvgIpc) is 2.73. The molecule has 0 fully saturated rings. The van der Waals surface area contributed by atoms with Crippen LogP contribution in [-0.2, 0) is 0 Å². The number of amides is 1. The Kier molecular flexibility index (Phi) is 6.31. The molecule has 0 aliphatic carbocycles. The van der Waals surface area contributed by atoms with Crippen LogP contribution in [-0.4, -0.2) is 37.7 Å². The molecule has 29 heavy (non-hydrogen) atoms. The van der Waals surface area contributed by atoms with Gasteiger partial charge in [0.25, 0.3) is 5.91 Å². The number of aryl methyl sites for hydroxylation is 2. The highest BCUT2D eigenvalue weighted by Gasteiger charge is 2.17. The molecular weight excluding hydrogens is 368 g/mol. The number of nitrogens with zero attached hydrogens (tertiary/aromatic N) is 3. The quantitative estimate of drug-likeness (QED) is 0.595. The average molecular weight is 392 g/mol. The van der Waals surface area contributed by atoms with Crippen molar-refractivity contribution in [3.8, 4) is 11.3 Å². The molecule has 0 saturated carbocycles. The first-order valence-corrected chi connectivity index (χ1v) is 9.33. The van der Waals surface area contributed by atoms with E-state index in [-0.39, 0.29) is 11.9 Å². The molecule has 0 aliphatic rings. The highest BCUT2D eigenvalue weighted by atomic mass is 16.3. The minimum atomic E-state index is -1.09. The zero-order valence-electron chi connectivity index (χ0n) is 16.6. The number of aliphatic hydroxyl groups excluding tert-OH is 2. The summed E-state index contributed by atoms with van der Waals surface area (Å²) >= 11 is 0. The van der Waals surface area contributed by atoms with Crippen molar-refractivity contribution in [1.29, 1.82) is 0 Å². The van der Waals surface area contributed by atoms with Crippen LogP contribution in [0.1, 0.15) is 51.9 Å². The van der Waals surface area contributed by atoms with Gasteiger partial charge in [0.05, 0.1) is 18.3 Å². The largest absolute Gasteiger partial charge is 0.393 e. The third kappa shape index (κ3) is 5.01. The van der Waals surface area contributed by atoms with Crippen molar-refractivity contribution in [3.63, 3.8) is 0 Å². The van der Waals surface area contributed by atoms with Gasteiger partial charge >= 0.3 is 0 Å². The molecule has 150 valence electrons. The van der Waals surface area contributed by atoms with Crippen LogP contribution in [0.3, 0.4) is 0 Å².